The second-order valence-electron chi connectivity index (χ2n) is 7.75. The number of hydrogen-bond donors (Lipinski definition) is 6. The Morgan fingerprint density at radius 1 is 1.33 bits per heavy atom. The first-order valence-electron chi connectivity index (χ1n) is 11.0. The summed E-state index contributed by atoms with van der Waals surface area (Å²) in [5.41, 5.74) is 16.3. The third-order valence-corrected chi connectivity index (χ3v) is 9.37. The van der Waals surface area contributed by atoms with Gasteiger partial charge in [0.15, 0.2) is 11.1 Å². The fraction of sp³-hybridized carbons (Fsp3) is 0.300. The number of amides is 2. The number of β-lactam (4-membered cyclic amide) rings is 1. The molecule has 19 heteroatoms. The van der Waals surface area contributed by atoms with Crippen molar-refractivity contribution in [2.45, 2.75) is 22.1 Å². The summed E-state index contributed by atoms with van der Waals surface area (Å²) >= 11 is 4.92. The normalized spacial score (nSPS) is 18.8. The van der Waals surface area contributed by atoms with Crippen LogP contribution >= 0.6 is 46.8 Å². The molecule has 39 heavy (non-hydrogen) atoms. The van der Waals surface area contributed by atoms with Crippen molar-refractivity contribution in [1.82, 2.24) is 24.6 Å². The average Bonchev–Trinajstić information content (AvgIpc) is 3.33. The van der Waals surface area contributed by atoms with Gasteiger partial charge in [-0.1, -0.05) is 16.9 Å². The molecule has 0 saturated carbocycles. The lowest BCUT2D eigenvalue weighted by atomic mass is 10.0. The highest BCUT2D eigenvalue weighted by Gasteiger charge is 2.54. The number of carboxylic acid groups (broad SMARTS) is 1. The molecule has 0 bridgehead atoms. The maximum atomic E-state index is 13.0. The minimum atomic E-state index is -1.27. The molecule has 2 atom stereocenters. The van der Waals surface area contributed by atoms with Crippen molar-refractivity contribution in [1.29, 1.82) is 0 Å². The van der Waals surface area contributed by atoms with Crippen molar-refractivity contribution < 1.29 is 24.7 Å². The van der Waals surface area contributed by atoms with Gasteiger partial charge in [0.2, 0.25) is 11.5 Å². The van der Waals surface area contributed by atoms with Gasteiger partial charge in [-0.05, 0) is 12.1 Å². The molecule has 206 valence electrons. The zero-order valence-electron chi connectivity index (χ0n) is 19.9. The van der Waals surface area contributed by atoms with Crippen LogP contribution in [-0.2, 0) is 20.1 Å². The van der Waals surface area contributed by atoms with Gasteiger partial charge in [0.05, 0.1) is 12.2 Å². The van der Waals surface area contributed by atoms with E-state index in [4.69, 9.17) is 17.2 Å². The third-order valence-electron chi connectivity index (χ3n) is 5.24. The van der Waals surface area contributed by atoms with Gasteiger partial charge in [0.25, 0.3) is 11.8 Å². The lowest BCUT2D eigenvalue weighted by molar-refractivity contribution is -0.150. The fourth-order valence-electron chi connectivity index (χ4n) is 3.57. The topological polar surface area (TPSA) is 248 Å². The molecule has 1 fully saturated rings. The van der Waals surface area contributed by atoms with Crippen LogP contribution in [0.3, 0.4) is 0 Å². The van der Waals surface area contributed by atoms with Crippen LogP contribution in [0.25, 0.3) is 0 Å². The Labute approximate surface area is 237 Å². The van der Waals surface area contributed by atoms with Crippen LogP contribution in [0, 0.1) is 0 Å². The Bertz CT molecular complexity index is 1380. The van der Waals surface area contributed by atoms with Crippen LogP contribution in [-0.4, -0.2) is 88.5 Å². The number of aromatic nitrogens is 3. The van der Waals surface area contributed by atoms with Gasteiger partial charge in [-0.3, -0.25) is 24.5 Å². The largest absolute Gasteiger partial charge is 0.477 e. The van der Waals surface area contributed by atoms with E-state index < -0.39 is 34.9 Å². The smallest absolute Gasteiger partial charge is 0.353 e. The molecule has 4 heterocycles. The highest BCUT2D eigenvalue weighted by Crippen LogP contribution is 2.45. The lowest BCUT2D eigenvalue weighted by Gasteiger charge is -2.49. The molecule has 0 spiro atoms. The number of fused-ring (bicyclic) bond motifs is 1. The zero-order valence-corrected chi connectivity index (χ0v) is 23.1. The van der Waals surface area contributed by atoms with E-state index in [0.717, 1.165) is 27.0 Å². The Balaban J connectivity index is 1.47. The molecule has 2 aromatic rings. The van der Waals surface area contributed by atoms with Crippen LogP contribution in [0.5, 0.6) is 0 Å². The number of pyridine rings is 1. The highest BCUT2D eigenvalue weighted by atomic mass is 32.2. The average molecular weight is 611 g/mol. The molecular weight excluding hydrogens is 589 g/mol. The number of carbonyl (C=O) groups is 3. The number of anilines is 1. The van der Waals surface area contributed by atoms with Gasteiger partial charge >= 0.3 is 5.97 Å². The number of carbonyl (C=O) groups excluding carboxylic acids is 2. The number of carboxylic acids is 1. The Hall–Kier alpha value is -3.55. The van der Waals surface area contributed by atoms with E-state index >= 15 is 0 Å². The van der Waals surface area contributed by atoms with Crippen LogP contribution in [0.15, 0.2) is 44.0 Å². The summed E-state index contributed by atoms with van der Waals surface area (Å²) in [6.07, 6.45) is 1.65. The highest BCUT2D eigenvalue weighted by molar-refractivity contribution is 8.06. The van der Waals surface area contributed by atoms with Gasteiger partial charge < -0.3 is 32.8 Å². The van der Waals surface area contributed by atoms with E-state index in [2.05, 4.69) is 29.8 Å². The van der Waals surface area contributed by atoms with Crippen molar-refractivity contribution >= 4 is 81.4 Å². The molecular formula is C20H22N10O5S4. The molecule has 2 aromatic heterocycles. The van der Waals surface area contributed by atoms with E-state index in [-0.39, 0.29) is 28.4 Å². The second kappa shape index (κ2) is 12.5. The summed E-state index contributed by atoms with van der Waals surface area (Å²) in [4.78, 5) is 52.5. The van der Waals surface area contributed by atoms with E-state index in [1.165, 1.54) is 23.5 Å². The molecule has 0 aromatic carbocycles. The molecule has 2 aliphatic rings. The summed E-state index contributed by atoms with van der Waals surface area (Å²) in [6.45, 7) is 0.462. The standard InChI is InChI=1S/C20H22N10O5S4/c21-19(22)25-4-5-36-6-8-9(2-1-3-24-8)38-10-7-37-17-12(16(32)30(17)13(10)18(33)34)26-15(31)11(28-35)14-27-20(23)39-29-14/h1-3,12,17,35H,4-7H2,(H,26,31)(H,33,34)(H4,21,22,25)(H2,23,27,29)/b28-11-/t12-,17+/m1/s1. The van der Waals surface area contributed by atoms with E-state index in [9.17, 15) is 24.7 Å². The predicted octanol–water partition coefficient (Wildman–Crippen LogP) is -0.311. The van der Waals surface area contributed by atoms with Crippen molar-refractivity contribution in [3.8, 4) is 0 Å². The second-order valence-corrected chi connectivity index (χ2v) is 11.9. The number of oxime groups is 1. The minimum absolute atomic E-state index is 0.0249. The van der Waals surface area contributed by atoms with E-state index in [0.29, 0.717) is 23.0 Å². The molecule has 0 unspecified atom stereocenters. The number of thioether (sulfide) groups is 3. The molecule has 0 radical (unpaired) electrons. The SMILES string of the molecule is NC(N)=NCCSCc1ncccc1SC1=C(C(=O)O)N2C(=O)[C@@H](NC(=O)/C(=N\O)c3nsc(N)n3)[C@@H]2SC1. The Morgan fingerprint density at radius 3 is 2.79 bits per heavy atom. The fourth-order valence-corrected chi connectivity index (χ4v) is 7.45. The van der Waals surface area contributed by atoms with Gasteiger partial charge in [-0.2, -0.15) is 21.1 Å². The van der Waals surface area contributed by atoms with Crippen LogP contribution in [0.1, 0.15) is 11.5 Å². The maximum Gasteiger partial charge on any atom is 0.353 e. The van der Waals surface area contributed by atoms with Crippen LogP contribution in [0.4, 0.5) is 5.13 Å². The summed E-state index contributed by atoms with van der Waals surface area (Å²) in [7, 11) is 0. The third kappa shape index (κ3) is 6.37. The van der Waals surface area contributed by atoms with Gasteiger partial charge in [-0.15, -0.1) is 11.8 Å². The Kier molecular flexibility index (Phi) is 9.15. The summed E-state index contributed by atoms with van der Waals surface area (Å²) < 4.78 is 3.83. The number of nitrogens with zero attached hydrogens (tertiary/aromatic N) is 6. The number of nitrogens with two attached hydrogens (primary N) is 3. The van der Waals surface area contributed by atoms with Crippen molar-refractivity contribution in [3.05, 3.63) is 40.5 Å². The molecule has 0 aliphatic carbocycles. The summed E-state index contributed by atoms with van der Waals surface area (Å²) in [6, 6.07) is 2.55. The van der Waals surface area contributed by atoms with Gasteiger partial charge in [0.1, 0.15) is 17.1 Å². The quantitative estimate of drug-likeness (QED) is 0.0477. The molecule has 15 nitrogen and oxygen atoms in total. The molecule has 1 saturated heterocycles. The first-order chi connectivity index (χ1) is 18.7. The van der Waals surface area contributed by atoms with E-state index in [1.54, 1.807) is 24.0 Å². The number of rotatable bonds is 11. The van der Waals surface area contributed by atoms with E-state index in [1.807, 2.05) is 6.07 Å². The summed E-state index contributed by atoms with van der Waals surface area (Å²) in [5, 5.41) is 24.1. The number of hydrogen-bond acceptors (Lipinski definition) is 14. The zero-order chi connectivity index (χ0) is 28.1. The van der Waals surface area contributed by atoms with Crippen LogP contribution in [0.2, 0.25) is 0 Å². The number of nitrogen functional groups attached to an aromatic ring is 1. The number of guanidine groups is 1. The lowest BCUT2D eigenvalue weighted by Crippen LogP contribution is -2.71. The first-order valence-corrected chi connectivity index (χ1v) is 14.8. The summed E-state index contributed by atoms with van der Waals surface area (Å²) in [5.74, 6) is -1.43. The predicted molar refractivity (Wildman–Crippen MR) is 149 cm³/mol. The number of aliphatic carboxylic acids is 1. The minimum Gasteiger partial charge on any atom is -0.477 e. The first kappa shape index (κ1) is 28.5. The van der Waals surface area contributed by atoms with Crippen molar-refractivity contribution in [2.75, 3.05) is 23.8 Å². The van der Waals surface area contributed by atoms with Crippen molar-refractivity contribution in [2.24, 2.45) is 21.6 Å². The molecule has 2 aliphatic heterocycles. The molecule has 9 N–H and O–H groups in total. The number of nitrogens with one attached hydrogen (secondary N) is 1. The molecule has 2 amide bonds. The van der Waals surface area contributed by atoms with Crippen LogP contribution < -0.4 is 22.5 Å². The number of aliphatic imine (C=N–C) groups is 1. The van der Waals surface area contributed by atoms with Gasteiger partial charge in [0, 0.05) is 44.8 Å². The molecule has 4 rings (SSSR count). The monoisotopic (exact) mass is 610 g/mol. The van der Waals surface area contributed by atoms with Gasteiger partial charge in [-0.25, -0.2) is 4.79 Å². The maximum absolute atomic E-state index is 13.0. The van der Waals surface area contributed by atoms with Crippen molar-refractivity contribution in [3.63, 3.8) is 0 Å². The Morgan fingerprint density at radius 2 is 2.13 bits per heavy atom.